The van der Waals surface area contributed by atoms with E-state index in [1.54, 1.807) is 0 Å². The molecule has 0 radical (unpaired) electrons. The predicted molar refractivity (Wildman–Crippen MR) is 95.8 cm³/mol. The van der Waals surface area contributed by atoms with E-state index >= 15 is 0 Å². The Bertz CT molecular complexity index is 705. The Balaban J connectivity index is 1.49. The van der Waals surface area contributed by atoms with E-state index in [1.807, 2.05) is 6.92 Å². The molecule has 3 rings (SSSR count). The summed E-state index contributed by atoms with van der Waals surface area (Å²) in [5.74, 6) is 2.01. The highest BCUT2D eigenvalue weighted by atomic mass is 31.3. The second kappa shape index (κ2) is 8.48. The smallest absolute Gasteiger partial charge is 0.372 e. The SMILES string of the molecule is CC1C[C@H](C2CC[C@H]2C2CCC2)O[C@@H]1COP(=O)(O)OP(=O)(O)OP(=O)(O)O. The van der Waals surface area contributed by atoms with Gasteiger partial charge >= 0.3 is 23.5 Å². The first kappa shape index (κ1) is 23.0. The van der Waals surface area contributed by atoms with Crippen LogP contribution in [0.3, 0.4) is 0 Å². The molecule has 28 heavy (non-hydrogen) atoms. The Hall–Kier alpha value is 0.370. The summed E-state index contributed by atoms with van der Waals surface area (Å²) in [5, 5.41) is 0. The normalized spacial score (nSPS) is 38.2. The van der Waals surface area contributed by atoms with E-state index in [1.165, 1.54) is 25.7 Å². The topological polar surface area (TPSA) is 169 Å². The third-order valence-electron chi connectivity index (χ3n) is 6.02. The quantitative estimate of drug-likeness (QED) is 0.370. The molecule has 0 aromatic carbocycles. The molecule has 14 heteroatoms. The van der Waals surface area contributed by atoms with Gasteiger partial charge in [0.1, 0.15) is 0 Å². The summed E-state index contributed by atoms with van der Waals surface area (Å²) < 4.78 is 52.0. The lowest BCUT2D eigenvalue weighted by Crippen LogP contribution is -2.42. The fourth-order valence-electron chi connectivity index (χ4n) is 4.35. The largest absolute Gasteiger partial charge is 0.490 e. The molecule has 2 saturated carbocycles. The average Bonchev–Trinajstić information content (AvgIpc) is 2.75. The van der Waals surface area contributed by atoms with Crippen molar-refractivity contribution in [3.63, 3.8) is 0 Å². The van der Waals surface area contributed by atoms with Crippen molar-refractivity contribution in [1.29, 1.82) is 0 Å². The maximum Gasteiger partial charge on any atom is 0.490 e. The zero-order valence-electron chi connectivity index (χ0n) is 15.4. The van der Waals surface area contributed by atoms with Gasteiger partial charge in [-0.2, -0.15) is 8.62 Å². The molecule has 0 bridgehead atoms. The van der Waals surface area contributed by atoms with Gasteiger partial charge in [-0.15, -0.1) is 0 Å². The van der Waals surface area contributed by atoms with Crippen molar-refractivity contribution in [2.24, 2.45) is 23.7 Å². The van der Waals surface area contributed by atoms with Crippen molar-refractivity contribution >= 4 is 23.5 Å². The molecule has 0 aromatic rings. The van der Waals surface area contributed by atoms with Gasteiger partial charge in [0.25, 0.3) is 0 Å². The van der Waals surface area contributed by atoms with E-state index in [0.717, 1.165) is 18.8 Å². The zero-order chi connectivity index (χ0) is 20.7. The van der Waals surface area contributed by atoms with E-state index in [-0.39, 0.29) is 18.6 Å². The molecular formula is C14H27O11P3. The van der Waals surface area contributed by atoms with Gasteiger partial charge in [0, 0.05) is 0 Å². The molecule has 11 nitrogen and oxygen atoms in total. The lowest BCUT2D eigenvalue weighted by atomic mass is 9.59. The van der Waals surface area contributed by atoms with Crippen LogP contribution < -0.4 is 0 Å². The van der Waals surface area contributed by atoms with E-state index in [9.17, 15) is 18.6 Å². The van der Waals surface area contributed by atoms with Crippen LogP contribution in [0.5, 0.6) is 0 Å². The Morgan fingerprint density at radius 1 is 0.929 bits per heavy atom. The number of phosphoric acid groups is 3. The minimum Gasteiger partial charge on any atom is -0.372 e. The lowest BCUT2D eigenvalue weighted by Gasteiger charge is -2.48. The second-order valence-corrected chi connectivity index (χ2v) is 12.3. The van der Waals surface area contributed by atoms with Crippen molar-refractivity contribution in [1.82, 2.24) is 0 Å². The number of phosphoric ester groups is 1. The summed E-state index contributed by atoms with van der Waals surface area (Å²) in [6.07, 6.45) is 6.55. The molecule has 3 aliphatic rings. The molecule has 2 aliphatic carbocycles. The van der Waals surface area contributed by atoms with Crippen molar-refractivity contribution in [3.8, 4) is 0 Å². The fraction of sp³-hybridized carbons (Fsp3) is 1.00. The first-order valence-electron chi connectivity index (χ1n) is 9.29. The summed E-state index contributed by atoms with van der Waals surface area (Å²) in [6, 6.07) is 0. The Kier molecular flexibility index (Phi) is 6.98. The first-order valence-corrected chi connectivity index (χ1v) is 13.8. The van der Waals surface area contributed by atoms with Gasteiger partial charge in [0.2, 0.25) is 0 Å². The monoisotopic (exact) mass is 464 g/mol. The van der Waals surface area contributed by atoms with Gasteiger partial charge < -0.3 is 24.3 Å². The van der Waals surface area contributed by atoms with Crippen LogP contribution in [0.2, 0.25) is 0 Å². The number of hydrogen-bond acceptors (Lipinski definition) is 7. The number of ether oxygens (including phenoxy) is 1. The summed E-state index contributed by atoms with van der Waals surface area (Å²) in [5.41, 5.74) is 0. The van der Waals surface area contributed by atoms with Gasteiger partial charge in [0.15, 0.2) is 0 Å². The molecule has 0 amide bonds. The highest BCUT2D eigenvalue weighted by molar-refractivity contribution is 7.66. The van der Waals surface area contributed by atoms with Crippen LogP contribution in [-0.2, 0) is 31.6 Å². The number of rotatable bonds is 9. The molecule has 164 valence electrons. The maximum atomic E-state index is 11.8. The molecule has 0 aromatic heterocycles. The predicted octanol–water partition coefficient (Wildman–Crippen LogP) is 2.95. The van der Waals surface area contributed by atoms with E-state index < -0.39 is 29.6 Å². The molecule has 7 atom stereocenters. The van der Waals surface area contributed by atoms with Gasteiger partial charge in [-0.05, 0) is 42.9 Å². The van der Waals surface area contributed by atoms with E-state index in [0.29, 0.717) is 11.8 Å². The zero-order valence-corrected chi connectivity index (χ0v) is 18.1. The Morgan fingerprint density at radius 2 is 1.57 bits per heavy atom. The third kappa shape index (κ3) is 5.96. The van der Waals surface area contributed by atoms with Crippen LogP contribution >= 0.6 is 23.5 Å². The molecule has 3 fully saturated rings. The maximum absolute atomic E-state index is 11.8. The minimum atomic E-state index is -5.49. The van der Waals surface area contributed by atoms with E-state index in [2.05, 4.69) is 8.62 Å². The Labute approximate surface area is 163 Å². The van der Waals surface area contributed by atoms with Gasteiger partial charge in [-0.25, -0.2) is 13.7 Å². The van der Waals surface area contributed by atoms with Crippen LogP contribution in [0.1, 0.15) is 45.4 Å². The van der Waals surface area contributed by atoms with Gasteiger partial charge in [-0.1, -0.05) is 26.2 Å². The van der Waals surface area contributed by atoms with Crippen LogP contribution in [0.4, 0.5) is 0 Å². The summed E-state index contributed by atoms with van der Waals surface area (Å²) >= 11 is 0. The molecule has 4 N–H and O–H groups in total. The molecule has 1 heterocycles. The van der Waals surface area contributed by atoms with Crippen LogP contribution in [0.15, 0.2) is 0 Å². The third-order valence-corrected chi connectivity index (χ3v) is 9.82. The molecule has 0 spiro atoms. The van der Waals surface area contributed by atoms with Crippen LogP contribution in [0, 0.1) is 23.7 Å². The average molecular weight is 464 g/mol. The van der Waals surface area contributed by atoms with Gasteiger partial charge in [-0.3, -0.25) is 4.52 Å². The van der Waals surface area contributed by atoms with Crippen molar-refractivity contribution in [2.75, 3.05) is 6.61 Å². The highest BCUT2D eigenvalue weighted by Crippen LogP contribution is 2.66. The highest BCUT2D eigenvalue weighted by Gasteiger charge is 2.48. The standard InChI is InChI=1S/C14H27O11P3/c1-9-7-13(12-6-5-11(12)10-3-2-4-10)23-14(9)8-22-27(18,19)25-28(20,21)24-26(15,16)17/h9-14H,2-8H2,1H3,(H,18,19)(H,20,21)(H2,15,16,17)/t9?,11-,12?,13+,14+/m0/s1. The van der Waals surface area contributed by atoms with E-state index in [4.69, 9.17) is 23.9 Å². The summed E-state index contributed by atoms with van der Waals surface area (Å²) in [4.78, 5) is 35.8. The second-order valence-electron chi connectivity index (χ2n) is 7.91. The van der Waals surface area contributed by atoms with Crippen molar-refractivity contribution in [2.45, 2.75) is 57.7 Å². The lowest BCUT2D eigenvalue weighted by molar-refractivity contribution is -0.0779. The Morgan fingerprint density at radius 3 is 2.07 bits per heavy atom. The first-order chi connectivity index (χ1) is 12.9. The molecule has 4 unspecified atom stereocenters. The molecule has 1 aliphatic heterocycles. The van der Waals surface area contributed by atoms with Crippen LogP contribution in [0.25, 0.3) is 0 Å². The van der Waals surface area contributed by atoms with Crippen LogP contribution in [-0.4, -0.2) is 38.4 Å². The minimum absolute atomic E-state index is 0.0555. The molecule has 1 saturated heterocycles. The summed E-state index contributed by atoms with van der Waals surface area (Å²) in [6.45, 7) is 1.57. The van der Waals surface area contributed by atoms with Gasteiger partial charge in [0.05, 0.1) is 18.8 Å². The molecular weight excluding hydrogens is 437 g/mol. The van der Waals surface area contributed by atoms with Crippen molar-refractivity contribution < 1.29 is 51.2 Å². The fourth-order valence-corrected chi connectivity index (χ4v) is 7.38. The number of hydrogen-bond donors (Lipinski definition) is 4. The van der Waals surface area contributed by atoms with Crippen molar-refractivity contribution in [3.05, 3.63) is 0 Å². The summed E-state index contributed by atoms with van der Waals surface area (Å²) in [7, 11) is -16.0.